The lowest BCUT2D eigenvalue weighted by atomic mass is 10.3. The van der Waals surface area contributed by atoms with E-state index >= 15 is 0 Å². The number of carbonyl (C=O) groups excluding carboxylic acids is 1. The zero-order valence-corrected chi connectivity index (χ0v) is 8.80. The molecule has 0 fully saturated rings. The third kappa shape index (κ3) is 3.49. The van der Waals surface area contributed by atoms with Crippen molar-refractivity contribution in [2.45, 2.75) is 0 Å². The quantitative estimate of drug-likeness (QED) is 0.646. The molecular formula is C10H13N3O3. The van der Waals surface area contributed by atoms with Gasteiger partial charge >= 0.3 is 12.0 Å². The number of urea groups is 1. The molecule has 0 aliphatic heterocycles. The molecule has 0 unspecified atom stereocenters. The Balaban J connectivity index is 2.79. The largest absolute Gasteiger partial charge is 0.480 e. The van der Waals surface area contributed by atoms with Gasteiger partial charge in [0.1, 0.15) is 6.54 Å². The molecule has 0 atom stereocenters. The molecule has 0 aliphatic carbocycles. The van der Waals surface area contributed by atoms with E-state index in [0.29, 0.717) is 5.69 Å². The van der Waals surface area contributed by atoms with Gasteiger partial charge in [-0.05, 0) is 12.1 Å². The number of amides is 2. The van der Waals surface area contributed by atoms with Crippen LogP contribution in [-0.4, -0.2) is 30.7 Å². The fourth-order valence-corrected chi connectivity index (χ4v) is 1.12. The number of nitrogens with one attached hydrogen (secondary N) is 2. The summed E-state index contributed by atoms with van der Waals surface area (Å²) in [5, 5.41) is 12.3. The summed E-state index contributed by atoms with van der Waals surface area (Å²) in [6.07, 6.45) is 0. The van der Waals surface area contributed by atoms with Crippen molar-refractivity contribution in [3.8, 4) is 0 Å². The third-order valence-electron chi connectivity index (χ3n) is 1.82. The maximum atomic E-state index is 11.1. The smallest absolute Gasteiger partial charge is 0.333 e. The number of benzene rings is 1. The van der Waals surface area contributed by atoms with Crippen LogP contribution in [-0.2, 0) is 4.79 Å². The van der Waals surface area contributed by atoms with Gasteiger partial charge in [0, 0.05) is 7.05 Å². The van der Waals surface area contributed by atoms with Crippen LogP contribution in [0.2, 0.25) is 0 Å². The van der Waals surface area contributed by atoms with Crippen molar-refractivity contribution in [2.75, 3.05) is 18.6 Å². The number of carboxylic acid groups (broad SMARTS) is 1. The number of anilines is 1. The number of para-hydroxylation sites is 1. The molecule has 0 aliphatic rings. The molecule has 86 valence electrons. The second-order valence-electron chi connectivity index (χ2n) is 3.01. The zero-order chi connectivity index (χ0) is 12.0. The van der Waals surface area contributed by atoms with Crippen molar-refractivity contribution >= 4 is 17.7 Å². The van der Waals surface area contributed by atoms with Crippen LogP contribution in [0, 0.1) is 0 Å². The van der Waals surface area contributed by atoms with Crippen molar-refractivity contribution < 1.29 is 14.7 Å². The molecule has 6 nitrogen and oxygen atoms in total. The van der Waals surface area contributed by atoms with Crippen molar-refractivity contribution in [2.24, 2.45) is 0 Å². The van der Waals surface area contributed by atoms with E-state index in [4.69, 9.17) is 5.11 Å². The van der Waals surface area contributed by atoms with Gasteiger partial charge in [0.15, 0.2) is 0 Å². The standard InChI is InChI=1S/C10H13N3O3/c1-11-10(16)12-13(7-9(14)15)8-5-3-2-4-6-8/h2-6H,7H2,1H3,(H,14,15)(H2,11,12,16). The summed E-state index contributed by atoms with van der Waals surface area (Å²) in [5.74, 6) is -1.03. The number of hydrazine groups is 1. The highest BCUT2D eigenvalue weighted by Crippen LogP contribution is 2.10. The van der Waals surface area contributed by atoms with E-state index in [0.717, 1.165) is 0 Å². The van der Waals surface area contributed by atoms with Gasteiger partial charge in [-0.1, -0.05) is 18.2 Å². The van der Waals surface area contributed by atoms with Crippen molar-refractivity contribution in [1.82, 2.24) is 10.7 Å². The first-order valence-electron chi connectivity index (χ1n) is 4.66. The second-order valence-corrected chi connectivity index (χ2v) is 3.01. The summed E-state index contributed by atoms with van der Waals surface area (Å²) in [4.78, 5) is 21.8. The maximum Gasteiger partial charge on any atom is 0.333 e. The lowest BCUT2D eigenvalue weighted by molar-refractivity contribution is -0.135. The number of rotatable bonds is 4. The normalized spacial score (nSPS) is 9.31. The minimum absolute atomic E-state index is 0.308. The van der Waals surface area contributed by atoms with Crippen molar-refractivity contribution in [1.29, 1.82) is 0 Å². The summed E-state index contributed by atoms with van der Waals surface area (Å²) in [6.45, 7) is -0.308. The van der Waals surface area contributed by atoms with Gasteiger partial charge in [0.2, 0.25) is 0 Å². The van der Waals surface area contributed by atoms with Crippen molar-refractivity contribution in [3.05, 3.63) is 30.3 Å². The van der Waals surface area contributed by atoms with Crippen LogP contribution >= 0.6 is 0 Å². The minimum Gasteiger partial charge on any atom is -0.480 e. The number of carboxylic acids is 1. The topological polar surface area (TPSA) is 81.7 Å². The second kappa shape index (κ2) is 5.59. The minimum atomic E-state index is -1.03. The Morgan fingerprint density at radius 2 is 1.94 bits per heavy atom. The van der Waals surface area contributed by atoms with E-state index in [9.17, 15) is 9.59 Å². The number of nitrogens with zero attached hydrogens (tertiary/aromatic N) is 1. The van der Waals surface area contributed by atoms with E-state index in [1.165, 1.54) is 12.1 Å². The van der Waals surface area contributed by atoms with E-state index in [1.807, 2.05) is 6.07 Å². The summed E-state index contributed by atoms with van der Waals surface area (Å²) in [7, 11) is 1.46. The fraction of sp³-hybridized carbons (Fsp3) is 0.200. The maximum absolute atomic E-state index is 11.1. The van der Waals surface area contributed by atoms with Crippen LogP contribution in [0.3, 0.4) is 0 Å². The molecule has 0 saturated carbocycles. The van der Waals surface area contributed by atoms with Gasteiger partial charge < -0.3 is 10.4 Å². The molecule has 1 rings (SSSR count). The Morgan fingerprint density at radius 1 is 1.31 bits per heavy atom. The summed E-state index contributed by atoms with van der Waals surface area (Å²) >= 11 is 0. The van der Waals surface area contributed by atoms with Crippen LogP contribution in [0.15, 0.2) is 30.3 Å². The first-order valence-corrected chi connectivity index (χ1v) is 4.66. The Labute approximate surface area is 92.8 Å². The molecule has 0 spiro atoms. The highest BCUT2D eigenvalue weighted by Gasteiger charge is 2.12. The van der Waals surface area contributed by atoms with E-state index < -0.39 is 12.0 Å². The average molecular weight is 223 g/mol. The van der Waals surface area contributed by atoms with Gasteiger partial charge in [0.25, 0.3) is 0 Å². The first-order chi connectivity index (χ1) is 7.63. The number of hydrogen-bond donors (Lipinski definition) is 3. The Kier molecular flexibility index (Phi) is 4.14. The number of carbonyl (C=O) groups is 2. The predicted octanol–water partition coefficient (Wildman–Crippen LogP) is 0.422. The molecular weight excluding hydrogens is 210 g/mol. The molecule has 0 saturated heterocycles. The molecule has 2 amide bonds. The summed E-state index contributed by atoms with van der Waals surface area (Å²) in [6, 6.07) is 8.27. The predicted molar refractivity (Wildman–Crippen MR) is 59.0 cm³/mol. The molecule has 6 heteroatoms. The van der Waals surface area contributed by atoms with Crippen LogP contribution in [0.5, 0.6) is 0 Å². The Bertz CT molecular complexity index is 367. The van der Waals surface area contributed by atoms with Crippen LogP contribution in [0.4, 0.5) is 10.5 Å². The van der Waals surface area contributed by atoms with Gasteiger partial charge in [-0.25, -0.2) is 10.2 Å². The monoisotopic (exact) mass is 223 g/mol. The first kappa shape index (κ1) is 11.8. The van der Waals surface area contributed by atoms with Gasteiger partial charge in [-0.2, -0.15) is 0 Å². The molecule has 0 heterocycles. The van der Waals surface area contributed by atoms with Gasteiger partial charge in [-0.15, -0.1) is 0 Å². The third-order valence-corrected chi connectivity index (χ3v) is 1.82. The molecule has 0 bridgehead atoms. The summed E-state index contributed by atoms with van der Waals surface area (Å²) < 4.78 is 0. The van der Waals surface area contributed by atoms with Crippen molar-refractivity contribution in [3.63, 3.8) is 0 Å². The van der Waals surface area contributed by atoms with E-state index in [1.54, 1.807) is 24.3 Å². The highest BCUT2D eigenvalue weighted by molar-refractivity contribution is 5.79. The fourth-order valence-electron chi connectivity index (χ4n) is 1.12. The zero-order valence-electron chi connectivity index (χ0n) is 8.80. The SMILES string of the molecule is CNC(=O)NN(CC(=O)O)c1ccccc1. The molecule has 1 aromatic rings. The average Bonchev–Trinajstić information content (AvgIpc) is 2.28. The molecule has 16 heavy (non-hydrogen) atoms. The lowest BCUT2D eigenvalue weighted by Gasteiger charge is -2.22. The Morgan fingerprint density at radius 3 is 2.44 bits per heavy atom. The lowest BCUT2D eigenvalue weighted by Crippen LogP contribution is -2.48. The van der Waals surface area contributed by atoms with Crippen LogP contribution in [0.25, 0.3) is 0 Å². The summed E-state index contributed by atoms with van der Waals surface area (Å²) in [5.41, 5.74) is 3.02. The van der Waals surface area contributed by atoms with Crippen LogP contribution in [0.1, 0.15) is 0 Å². The van der Waals surface area contributed by atoms with Crippen LogP contribution < -0.4 is 15.8 Å². The molecule has 1 aromatic carbocycles. The number of hydrogen-bond acceptors (Lipinski definition) is 3. The van der Waals surface area contributed by atoms with E-state index in [2.05, 4.69) is 10.7 Å². The number of aliphatic carboxylic acids is 1. The van der Waals surface area contributed by atoms with E-state index in [-0.39, 0.29) is 6.54 Å². The Hall–Kier alpha value is -2.24. The molecule has 0 aromatic heterocycles. The van der Waals surface area contributed by atoms with Gasteiger partial charge in [0.05, 0.1) is 5.69 Å². The van der Waals surface area contributed by atoms with Gasteiger partial charge in [-0.3, -0.25) is 9.80 Å². The molecule has 0 radical (unpaired) electrons. The molecule has 3 N–H and O–H groups in total. The highest BCUT2D eigenvalue weighted by atomic mass is 16.4.